The zero-order valence-corrected chi connectivity index (χ0v) is 12.2. The van der Waals surface area contributed by atoms with Crippen molar-refractivity contribution < 1.29 is 9.72 Å². The summed E-state index contributed by atoms with van der Waals surface area (Å²) in [5.41, 5.74) is 1.36. The van der Waals surface area contributed by atoms with Crippen molar-refractivity contribution in [3.8, 4) is 0 Å². The van der Waals surface area contributed by atoms with Crippen molar-refractivity contribution in [2.45, 2.75) is 20.4 Å². The first-order valence-electron chi connectivity index (χ1n) is 6.60. The number of hydrogen-bond donors (Lipinski definition) is 1. The number of aromatic nitrogens is 1. The SMILES string of the molecule is Cc1ccc([N+](=O)[O-])cc1NC(=O)Cn1c(C)cccc1=O. The molecule has 0 atom stereocenters. The van der Waals surface area contributed by atoms with Gasteiger partial charge in [0.05, 0.1) is 10.6 Å². The van der Waals surface area contributed by atoms with Crippen LogP contribution in [-0.4, -0.2) is 15.4 Å². The van der Waals surface area contributed by atoms with Crippen molar-refractivity contribution in [3.63, 3.8) is 0 Å². The summed E-state index contributed by atoms with van der Waals surface area (Å²) in [5, 5.41) is 13.4. The number of carbonyl (C=O) groups is 1. The van der Waals surface area contributed by atoms with E-state index in [9.17, 15) is 19.7 Å². The van der Waals surface area contributed by atoms with Gasteiger partial charge in [0.1, 0.15) is 6.54 Å². The Morgan fingerprint density at radius 1 is 1.27 bits per heavy atom. The lowest BCUT2D eigenvalue weighted by atomic mass is 10.2. The summed E-state index contributed by atoms with van der Waals surface area (Å²) in [6.07, 6.45) is 0. The minimum atomic E-state index is -0.527. The fourth-order valence-corrected chi connectivity index (χ4v) is 2.02. The fourth-order valence-electron chi connectivity index (χ4n) is 2.02. The van der Waals surface area contributed by atoms with Crippen molar-refractivity contribution in [1.82, 2.24) is 4.57 Å². The van der Waals surface area contributed by atoms with Gasteiger partial charge in [0.15, 0.2) is 0 Å². The minimum absolute atomic E-state index is 0.103. The topological polar surface area (TPSA) is 94.2 Å². The number of pyridine rings is 1. The predicted molar refractivity (Wildman–Crippen MR) is 81.9 cm³/mol. The van der Waals surface area contributed by atoms with Crippen LogP contribution < -0.4 is 10.9 Å². The van der Waals surface area contributed by atoms with E-state index in [1.165, 1.54) is 22.8 Å². The van der Waals surface area contributed by atoms with Crippen LogP contribution in [0.15, 0.2) is 41.2 Å². The van der Waals surface area contributed by atoms with Gasteiger partial charge in [0.2, 0.25) is 5.91 Å². The highest BCUT2D eigenvalue weighted by molar-refractivity contribution is 5.91. The number of rotatable bonds is 4. The smallest absolute Gasteiger partial charge is 0.271 e. The minimum Gasteiger partial charge on any atom is -0.324 e. The molecule has 22 heavy (non-hydrogen) atoms. The molecule has 1 aromatic carbocycles. The number of nitrogens with one attached hydrogen (secondary N) is 1. The summed E-state index contributed by atoms with van der Waals surface area (Å²) >= 11 is 0. The average molecular weight is 301 g/mol. The number of non-ortho nitro benzene ring substituents is 1. The van der Waals surface area contributed by atoms with Crippen LogP contribution in [-0.2, 0) is 11.3 Å². The lowest BCUT2D eigenvalue weighted by Crippen LogP contribution is -2.28. The van der Waals surface area contributed by atoms with E-state index >= 15 is 0 Å². The van der Waals surface area contributed by atoms with Crippen LogP contribution in [0.3, 0.4) is 0 Å². The van der Waals surface area contributed by atoms with E-state index in [1.807, 2.05) is 0 Å². The molecule has 0 spiro atoms. The van der Waals surface area contributed by atoms with E-state index in [0.29, 0.717) is 16.9 Å². The van der Waals surface area contributed by atoms with Crippen LogP contribution in [0.1, 0.15) is 11.3 Å². The maximum Gasteiger partial charge on any atom is 0.271 e. The van der Waals surface area contributed by atoms with Crippen LogP contribution >= 0.6 is 0 Å². The standard InChI is InChI=1S/C15H15N3O4/c1-10-6-7-12(18(21)22)8-13(10)16-14(19)9-17-11(2)4-3-5-15(17)20/h3-8H,9H2,1-2H3,(H,16,19). The molecule has 2 rings (SSSR count). The number of benzene rings is 1. The molecule has 0 fully saturated rings. The van der Waals surface area contributed by atoms with Crippen molar-refractivity contribution in [1.29, 1.82) is 0 Å². The third kappa shape index (κ3) is 3.38. The van der Waals surface area contributed by atoms with E-state index in [1.54, 1.807) is 32.0 Å². The number of anilines is 1. The molecular formula is C15H15N3O4. The van der Waals surface area contributed by atoms with Gasteiger partial charge in [0.25, 0.3) is 11.2 Å². The molecule has 0 saturated heterocycles. The second kappa shape index (κ2) is 6.21. The Kier molecular flexibility index (Phi) is 4.36. The first-order valence-corrected chi connectivity index (χ1v) is 6.60. The Balaban J connectivity index is 2.21. The second-order valence-electron chi connectivity index (χ2n) is 4.90. The van der Waals surface area contributed by atoms with Gasteiger partial charge in [-0.05, 0) is 25.5 Å². The highest BCUT2D eigenvalue weighted by atomic mass is 16.6. The van der Waals surface area contributed by atoms with E-state index in [-0.39, 0.29) is 17.8 Å². The van der Waals surface area contributed by atoms with Crippen molar-refractivity contribution in [2.24, 2.45) is 0 Å². The number of aryl methyl sites for hydroxylation is 2. The Morgan fingerprint density at radius 3 is 2.64 bits per heavy atom. The molecule has 1 aromatic heterocycles. The van der Waals surface area contributed by atoms with Crippen LogP contribution in [0, 0.1) is 24.0 Å². The molecule has 7 nitrogen and oxygen atoms in total. The summed E-state index contributed by atoms with van der Waals surface area (Å²) < 4.78 is 1.34. The Bertz CT molecular complexity index is 796. The van der Waals surface area contributed by atoms with Crippen LogP contribution in [0.2, 0.25) is 0 Å². The quantitative estimate of drug-likeness (QED) is 0.690. The third-order valence-electron chi connectivity index (χ3n) is 3.28. The zero-order valence-electron chi connectivity index (χ0n) is 12.2. The normalized spacial score (nSPS) is 10.3. The van der Waals surface area contributed by atoms with E-state index in [2.05, 4.69) is 5.32 Å². The lowest BCUT2D eigenvalue weighted by molar-refractivity contribution is -0.384. The summed E-state index contributed by atoms with van der Waals surface area (Å²) in [5.74, 6) is -0.417. The van der Waals surface area contributed by atoms with Gasteiger partial charge < -0.3 is 9.88 Å². The number of carbonyl (C=O) groups excluding carboxylic acids is 1. The molecule has 0 radical (unpaired) electrons. The molecule has 1 heterocycles. The van der Waals surface area contributed by atoms with Crippen molar-refractivity contribution >= 4 is 17.3 Å². The first kappa shape index (κ1) is 15.4. The number of nitro benzene ring substituents is 1. The lowest BCUT2D eigenvalue weighted by Gasteiger charge is -2.11. The second-order valence-corrected chi connectivity index (χ2v) is 4.90. The molecule has 7 heteroatoms. The van der Waals surface area contributed by atoms with Gasteiger partial charge in [-0.3, -0.25) is 19.7 Å². The third-order valence-corrected chi connectivity index (χ3v) is 3.28. The van der Waals surface area contributed by atoms with E-state index in [4.69, 9.17) is 0 Å². The summed E-state index contributed by atoms with van der Waals surface area (Å²) in [7, 11) is 0. The molecular weight excluding hydrogens is 286 g/mol. The number of amides is 1. The van der Waals surface area contributed by atoms with E-state index in [0.717, 1.165) is 0 Å². The molecule has 114 valence electrons. The summed E-state index contributed by atoms with van der Waals surface area (Å²) in [6, 6.07) is 8.96. The Labute approximate surface area is 126 Å². The van der Waals surface area contributed by atoms with Crippen LogP contribution in [0.4, 0.5) is 11.4 Å². The maximum absolute atomic E-state index is 12.1. The van der Waals surface area contributed by atoms with Crippen molar-refractivity contribution in [3.05, 3.63) is 68.1 Å². The molecule has 1 N–H and O–H groups in total. The number of nitro groups is 1. The monoisotopic (exact) mass is 301 g/mol. The molecule has 2 aromatic rings. The van der Waals surface area contributed by atoms with Crippen LogP contribution in [0.5, 0.6) is 0 Å². The summed E-state index contributed by atoms with van der Waals surface area (Å²) in [6.45, 7) is 3.32. The predicted octanol–water partition coefficient (Wildman–Crippen LogP) is 2.01. The van der Waals surface area contributed by atoms with Gasteiger partial charge >= 0.3 is 0 Å². The zero-order chi connectivity index (χ0) is 16.3. The maximum atomic E-state index is 12.1. The molecule has 0 bridgehead atoms. The first-order chi connectivity index (χ1) is 10.4. The summed E-state index contributed by atoms with van der Waals surface area (Å²) in [4.78, 5) is 34.1. The van der Waals surface area contributed by atoms with Crippen molar-refractivity contribution in [2.75, 3.05) is 5.32 Å². The highest BCUT2D eigenvalue weighted by Crippen LogP contribution is 2.21. The van der Waals surface area contributed by atoms with Gasteiger partial charge in [0, 0.05) is 23.9 Å². The largest absolute Gasteiger partial charge is 0.324 e. The van der Waals surface area contributed by atoms with Crippen LogP contribution in [0.25, 0.3) is 0 Å². The highest BCUT2D eigenvalue weighted by Gasteiger charge is 2.12. The van der Waals surface area contributed by atoms with Gasteiger partial charge in [-0.15, -0.1) is 0 Å². The average Bonchev–Trinajstić information content (AvgIpc) is 2.45. The molecule has 0 aliphatic carbocycles. The molecule has 0 aliphatic rings. The number of nitrogens with zero attached hydrogens (tertiary/aromatic N) is 2. The molecule has 0 saturated carbocycles. The number of hydrogen-bond acceptors (Lipinski definition) is 4. The Morgan fingerprint density at radius 2 is 2.00 bits per heavy atom. The Hall–Kier alpha value is -2.96. The molecule has 0 unspecified atom stereocenters. The van der Waals surface area contributed by atoms with Gasteiger partial charge in [-0.1, -0.05) is 12.1 Å². The fraction of sp³-hybridized carbons (Fsp3) is 0.200. The molecule has 1 amide bonds. The van der Waals surface area contributed by atoms with Gasteiger partial charge in [-0.2, -0.15) is 0 Å². The van der Waals surface area contributed by atoms with Gasteiger partial charge in [-0.25, -0.2) is 0 Å². The van der Waals surface area contributed by atoms with E-state index < -0.39 is 10.8 Å². The molecule has 0 aliphatic heterocycles.